The van der Waals surface area contributed by atoms with Crippen LogP contribution in [0.2, 0.25) is 0 Å². The molecule has 0 aliphatic carbocycles. The monoisotopic (exact) mass is 476 g/mol. The van der Waals surface area contributed by atoms with Crippen LogP contribution in [0.5, 0.6) is 0 Å². The summed E-state index contributed by atoms with van der Waals surface area (Å²) in [5.41, 5.74) is -8.57. The van der Waals surface area contributed by atoms with Gasteiger partial charge in [-0.05, 0) is 50.2 Å². The van der Waals surface area contributed by atoms with Gasteiger partial charge in [0.15, 0.2) is 21.1 Å². The first-order valence-electron chi connectivity index (χ1n) is 8.81. The van der Waals surface area contributed by atoms with Crippen LogP contribution in [-0.4, -0.2) is 37.0 Å². The molecule has 0 aliphatic rings. The van der Waals surface area contributed by atoms with Crippen molar-refractivity contribution in [3.8, 4) is 0 Å². The number of sulfone groups is 1. The minimum absolute atomic E-state index is 0.216. The third kappa shape index (κ3) is 5.23. The Kier molecular flexibility index (Phi) is 6.68. The van der Waals surface area contributed by atoms with E-state index in [-0.39, 0.29) is 11.8 Å². The van der Waals surface area contributed by atoms with Crippen molar-refractivity contribution in [3.05, 3.63) is 65.3 Å². The van der Waals surface area contributed by atoms with E-state index >= 15 is 0 Å². The van der Waals surface area contributed by atoms with Gasteiger partial charge in [-0.3, -0.25) is 4.79 Å². The SMILES string of the molecule is [C-]#[N+]c1ccc(NC(=O)C(C)(O)CS(=O)(=O)c2ccc(F)cc2)cc1C(C)(F)C(F)(F)F. The second kappa shape index (κ2) is 8.48. The lowest BCUT2D eigenvalue weighted by molar-refractivity contribution is -0.228. The number of hydrogen-bond acceptors (Lipinski definition) is 4. The van der Waals surface area contributed by atoms with Gasteiger partial charge in [-0.2, -0.15) is 13.2 Å². The Morgan fingerprint density at radius 3 is 2.16 bits per heavy atom. The van der Waals surface area contributed by atoms with Crippen molar-refractivity contribution in [1.82, 2.24) is 0 Å². The Hall–Kier alpha value is -3.04. The van der Waals surface area contributed by atoms with Gasteiger partial charge >= 0.3 is 6.18 Å². The van der Waals surface area contributed by atoms with E-state index < -0.39 is 61.7 Å². The molecule has 2 aromatic carbocycles. The molecule has 0 bridgehead atoms. The predicted molar refractivity (Wildman–Crippen MR) is 105 cm³/mol. The van der Waals surface area contributed by atoms with Crippen LogP contribution in [0.1, 0.15) is 19.4 Å². The van der Waals surface area contributed by atoms with Crippen LogP contribution in [0.15, 0.2) is 47.4 Å². The molecule has 0 fully saturated rings. The first kappa shape index (κ1) is 25.2. The van der Waals surface area contributed by atoms with Crippen molar-refractivity contribution < 1.29 is 40.3 Å². The standard InChI is InChI=1S/C20H17F5N2O4S/c1-18(29,11-32(30,31)14-7-4-12(21)5-8-14)17(28)27-13-6-9-16(26-3)15(10-13)19(2,22)20(23,24)25/h4-10,29H,11H2,1-2H3,(H,27,28). The number of rotatable bonds is 6. The molecule has 0 radical (unpaired) electrons. The highest BCUT2D eigenvalue weighted by Gasteiger charge is 2.54. The molecule has 0 aromatic heterocycles. The van der Waals surface area contributed by atoms with Crippen molar-refractivity contribution >= 4 is 27.1 Å². The lowest BCUT2D eigenvalue weighted by Gasteiger charge is -2.26. The topological polar surface area (TPSA) is 87.8 Å². The van der Waals surface area contributed by atoms with E-state index in [9.17, 15) is 40.3 Å². The van der Waals surface area contributed by atoms with Gasteiger partial charge in [0.05, 0.1) is 17.2 Å². The van der Waals surface area contributed by atoms with Gasteiger partial charge in [0.2, 0.25) is 5.67 Å². The molecular weight excluding hydrogens is 459 g/mol. The van der Waals surface area contributed by atoms with Crippen LogP contribution < -0.4 is 5.32 Å². The Balaban J connectivity index is 2.32. The highest BCUT2D eigenvalue weighted by atomic mass is 32.2. The average Bonchev–Trinajstić information content (AvgIpc) is 2.66. The van der Waals surface area contributed by atoms with Gasteiger partial charge in [-0.25, -0.2) is 22.0 Å². The number of carbonyl (C=O) groups excluding carboxylic acids is 1. The maximum Gasteiger partial charge on any atom is 0.425 e. The van der Waals surface area contributed by atoms with Gasteiger partial charge in [0.25, 0.3) is 5.91 Å². The Bertz CT molecular complexity index is 1170. The maximum atomic E-state index is 14.4. The Morgan fingerprint density at radius 1 is 1.09 bits per heavy atom. The number of alkyl halides is 4. The summed E-state index contributed by atoms with van der Waals surface area (Å²) in [5, 5.41) is 12.4. The summed E-state index contributed by atoms with van der Waals surface area (Å²) in [6.45, 7) is 8.02. The molecule has 2 rings (SSSR count). The molecule has 0 aliphatic heterocycles. The molecule has 6 nitrogen and oxygen atoms in total. The molecule has 12 heteroatoms. The lowest BCUT2D eigenvalue weighted by atomic mass is 9.94. The highest BCUT2D eigenvalue weighted by Crippen LogP contribution is 2.46. The molecule has 0 saturated heterocycles. The Labute approximate surface area is 180 Å². The zero-order chi connectivity index (χ0) is 24.5. The van der Waals surface area contributed by atoms with Gasteiger partial charge < -0.3 is 10.4 Å². The fourth-order valence-electron chi connectivity index (χ4n) is 2.67. The van der Waals surface area contributed by atoms with Crippen molar-refractivity contribution in [1.29, 1.82) is 0 Å². The van der Waals surface area contributed by atoms with Crippen LogP contribution in [0.3, 0.4) is 0 Å². The fourth-order valence-corrected chi connectivity index (χ4v) is 4.26. The Morgan fingerprint density at radius 2 is 1.66 bits per heavy atom. The van der Waals surface area contributed by atoms with E-state index in [0.717, 1.165) is 43.3 Å². The van der Waals surface area contributed by atoms with Crippen molar-refractivity contribution in [2.75, 3.05) is 11.1 Å². The summed E-state index contributed by atoms with van der Waals surface area (Å²) < 4.78 is 91.6. The quantitative estimate of drug-likeness (QED) is 0.370. The summed E-state index contributed by atoms with van der Waals surface area (Å²) in [6, 6.07) is 6.06. The smallest absolute Gasteiger partial charge is 0.379 e. The molecule has 2 atom stereocenters. The van der Waals surface area contributed by atoms with Crippen LogP contribution in [-0.2, 0) is 20.3 Å². The van der Waals surface area contributed by atoms with Gasteiger partial charge in [-0.1, -0.05) is 6.07 Å². The van der Waals surface area contributed by atoms with Crippen LogP contribution in [0.25, 0.3) is 4.85 Å². The number of benzene rings is 2. The van der Waals surface area contributed by atoms with Gasteiger partial charge in [0.1, 0.15) is 5.82 Å². The van der Waals surface area contributed by atoms with Gasteiger partial charge in [0, 0.05) is 11.3 Å². The van der Waals surface area contributed by atoms with Crippen molar-refractivity contribution in [3.63, 3.8) is 0 Å². The normalized spacial score (nSPS) is 15.8. The molecule has 2 aromatic rings. The second-order valence-corrected chi connectivity index (χ2v) is 9.28. The summed E-state index contributed by atoms with van der Waals surface area (Å²) in [5.74, 6) is -3.14. The number of hydrogen-bond donors (Lipinski definition) is 2. The molecule has 0 heterocycles. The minimum atomic E-state index is -5.36. The molecular formula is C20H17F5N2O4S. The molecule has 1 amide bonds. The minimum Gasteiger partial charge on any atom is -0.379 e. The molecule has 2 unspecified atom stereocenters. The zero-order valence-electron chi connectivity index (χ0n) is 16.7. The summed E-state index contributed by atoms with van der Waals surface area (Å²) >= 11 is 0. The molecule has 32 heavy (non-hydrogen) atoms. The maximum absolute atomic E-state index is 14.4. The van der Waals surface area contributed by atoms with E-state index in [4.69, 9.17) is 6.57 Å². The highest BCUT2D eigenvalue weighted by molar-refractivity contribution is 7.91. The first-order valence-corrected chi connectivity index (χ1v) is 10.5. The summed E-state index contributed by atoms with van der Waals surface area (Å²) in [6.07, 6.45) is -5.36. The van der Waals surface area contributed by atoms with E-state index in [0.29, 0.717) is 6.07 Å². The zero-order valence-corrected chi connectivity index (χ0v) is 17.5. The lowest BCUT2D eigenvalue weighted by Crippen LogP contribution is -2.45. The number of carbonyl (C=O) groups is 1. The number of nitrogens with one attached hydrogen (secondary N) is 1. The first-order chi connectivity index (χ1) is 14.5. The predicted octanol–water partition coefficient (Wildman–Crippen LogP) is 4.29. The van der Waals surface area contributed by atoms with Crippen LogP contribution in [0, 0.1) is 12.4 Å². The number of anilines is 1. The van der Waals surface area contributed by atoms with E-state index in [1.54, 1.807) is 0 Å². The van der Waals surface area contributed by atoms with Crippen LogP contribution in [0.4, 0.5) is 33.3 Å². The summed E-state index contributed by atoms with van der Waals surface area (Å²) in [7, 11) is -4.26. The number of amides is 1. The van der Waals surface area contributed by atoms with Crippen LogP contribution >= 0.6 is 0 Å². The van der Waals surface area contributed by atoms with Gasteiger partial charge in [-0.15, -0.1) is 0 Å². The van der Waals surface area contributed by atoms with E-state index in [1.807, 2.05) is 5.32 Å². The number of nitrogens with zero attached hydrogens (tertiary/aromatic N) is 1. The third-order valence-corrected chi connectivity index (χ3v) is 6.48. The average molecular weight is 476 g/mol. The van der Waals surface area contributed by atoms with Crippen molar-refractivity contribution in [2.24, 2.45) is 0 Å². The largest absolute Gasteiger partial charge is 0.425 e. The summed E-state index contributed by atoms with van der Waals surface area (Å²) in [4.78, 5) is 14.9. The molecule has 172 valence electrons. The fraction of sp³-hybridized carbons (Fsp3) is 0.300. The van der Waals surface area contributed by atoms with E-state index in [1.165, 1.54) is 0 Å². The van der Waals surface area contributed by atoms with Crippen molar-refractivity contribution in [2.45, 2.75) is 36.2 Å². The second-order valence-electron chi connectivity index (χ2n) is 7.29. The third-order valence-electron chi connectivity index (χ3n) is 4.55. The number of aliphatic hydroxyl groups is 1. The molecule has 2 N–H and O–H groups in total. The number of halogens is 5. The van der Waals surface area contributed by atoms with E-state index in [2.05, 4.69) is 4.85 Å². The molecule has 0 spiro atoms. The molecule has 0 saturated carbocycles.